The minimum absolute atomic E-state index is 0.860. The highest BCUT2D eigenvalue weighted by Crippen LogP contribution is 2.20. The highest BCUT2D eigenvalue weighted by Gasteiger charge is 2.20. The summed E-state index contributed by atoms with van der Waals surface area (Å²) in [5.41, 5.74) is 0. The minimum atomic E-state index is 0.860. The maximum Gasteiger partial charge on any atom is 0.138 e. The van der Waals surface area contributed by atoms with Crippen LogP contribution in [0, 0.1) is 0 Å². The van der Waals surface area contributed by atoms with Crippen molar-refractivity contribution >= 4 is 28.3 Å². The van der Waals surface area contributed by atoms with E-state index in [4.69, 9.17) is 16.6 Å². The van der Waals surface area contributed by atoms with Crippen molar-refractivity contribution in [3.63, 3.8) is 0 Å². The van der Waals surface area contributed by atoms with Crippen LogP contribution in [0.3, 0.4) is 0 Å². The predicted molar refractivity (Wildman–Crippen MR) is 66.6 cm³/mol. The van der Waals surface area contributed by atoms with Crippen LogP contribution in [0.25, 0.3) is 0 Å². The molecule has 0 bridgehead atoms. The van der Waals surface area contributed by atoms with Gasteiger partial charge in [-0.05, 0) is 19.1 Å². The number of hydrogen-bond donors (Lipinski definition) is 0. The Labute approximate surface area is 99.4 Å². The Kier molecular flexibility index (Phi) is 3.66. The Morgan fingerprint density at radius 3 is 3.13 bits per heavy atom. The fourth-order valence-electron chi connectivity index (χ4n) is 1.53. The first-order valence-electron chi connectivity index (χ1n) is 4.96. The maximum absolute atomic E-state index is 5.33. The van der Waals surface area contributed by atoms with Gasteiger partial charge in [0.05, 0.1) is 25.4 Å². The molecule has 82 valence electrons. The molecule has 0 amide bonds. The molecule has 1 aromatic heterocycles. The van der Waals surface area contributed by atoms with E-state index >= 15 is 0 Å². The van der Waals surface area contributed by atoms with Gasteiger partial charge >= 0.3 is 0 Å². The Morgan fingerprint density at radius 2 is 2.47 bits per heavy atom. The van der Waals surface area contributed by atoms with Crippen LogP contribution >= 0.6 is 24.0 Å². The van der Waals surface area contributed by atoms with Crippen molar-refractivity contribution in [3.05, 3.63) is 24.2 Å². The third-order valence-corrected chi connectivity index (χ3v) is 3.95. The molecule has 1 fully saturated rings. The van der Waals surface area contributed by atoms with Gasteiger partial charge in [0.1, 0.15) is 10.1 Å². The quantitative estimate of drug-likeness (QED) is 0.756. The van der Waals surface area contributed by atoms with Crippen molar-refractivity contribution in [3.8, 4) is 0 Å². The number of thioether (sulfide) groups is 1. The zero-order valence-electron chi connectivity index (χ0n) is 8.68. The summed E-state index contributed by atoms with van der Waals surface area (Å²) in [6, 6.07) is 3.93. The molecule has 1 aliphatic heterocycles. The molecule has 0 unspecified atom stereocenters. The SMILES string of the molecule is CCN1CN(Cc2ccco2)CSC1=S. The van der Waals surface area contributed by atoms with E-state index in [1.807, 2.05) is 12.1 Å². The van der Waals surface area contributed by atoms with Gasteiger partial charge in [-0.3, -0.25) is 4.90 Å². The van der Waals surface area contributed by atoms with Crippen molar-refractivity contribution in [1.82, 2.24) is 9.80 Å². The monoisotopic (exact) mass is 242 g/mol. The number of thiocarbonyl (C=S) groups is 1. The highest BCUT2D eigenvalue weighted by molar-refractivity contribution is 8.22. The molecule has 2 heterocycles. The van der Waals surface area contributed by atoms with Gasteiger partial charge in [-0.15, -0.1) is 0 Å². The van der Waals surface area contributed by atoms with Crippen LogP contribution in [0.2, 0.25) is 0 Å². The molecule has 0 aliphatic carbocycles. The molecule has 2 rings (SSSR count). The lowest BCUT2D eigenvalue weighted by Crippen LogP contribution is -2.44. The Balaban J connectivity index is 1.92. The predicted octanol–water partition coefficient (Wildman–Crippen LogP) is 2.35. The van der Waals surface area contributed by atoms with Crippen LogP contribution in [0.15, 0.2) is 22.8 Å². The van der Waals surface area contributed by atoms with Crippen molar-refractivity contribution in [2.45, 2.75) is 13.5 Å². The molecule has 5 heteroatoms. The van der Waals surface area contributed by atoms with Crippen LogP contribution in [-0.2, 0) is 6.54 Å². The molecule has 1 aliphatic rings. The van der Waals surface area contributed by atoms with E-state index in [-0.39, 0.29) is 0 Å². The van der Waals surface area contributed by atoms with Crippen LogP contribution in [0.1, 0.15) is 12.7 Å². The van der Waals surface area contributed by atoms with Crippen LogP contribution in [-0.4, -0.2) is 33.2 Å². The lowest BCUT2D eigenvalue weighted by molar-refractivity contribution is 0.197. The second-order valence-electron chi connectivity index (χ2n) is 3.45. The second kappa shape index (κ2) is 5.01. The largest absolute Gasteiger partial charge is 0.468 e. The molecular weight excluding hydrogens is 228 g/mol. The van der Waals surface area contributed by atoms with Crippen molar-refractivity contribution in [2.24, 2.45) is 0 Å². The van der Waals surface area contributed by atoms with E-state index in [0.29, 0.717) is 0 Å². The summed E-state index contributed by atoms with van der Waals surface area (Å²) in [4.78, 5) is 4.52. The summed E-state index contributed by atoms with van der Waals surface area (Å²) >= 11 is 6.99. The fourth-order valence-corrected chi connectivity index (χ4v) is 2.71. The number of furan rings is 1. The summed E-state index contributed by atoms with van der Waals surface area (Å²) in [5.74, 6) is 1.97. The van der Waals surface area contributed by atoms with Gasteiger partial charge in [0.2, 0.25) is 0 Å². The molecule has 0 radical (unpaired) electrons. The third kappa shape index (κ3) is 2.74. The number of hydrogen-bond acceptors (Lipinski definition) is 4. The summed E-state index contributed by atoms with van der Waals surface area (Å²) < 4.78 is 6.34. The first kappa shape index (κ1) is 11.0. The van der Waals surface area contributed by atoms with E-state index in [1.165, 1.54) is 0 Å². The fraction of sp³-hybridized carbons (Fsp3) is 0.500. The lowest BCUT2D eigenvalue weighted by Gasteiger charge is -2.35. The molecular formula is C10H14N2OS2. The van der Waals surface area contributed by atoms with Crippen LogP contribution < -0.4 is 0 Å². The average Bonchev–Trinajstić information content (AvgIpc) is 2.73. The topological polar surface area (TPSA) is 19.6 Å². The van der Waals surface area contributed by atoms with Gasteiger partial charge in [-0.1, -0.05) is 24.0 Å². The first-order chi connectivity index (χ1) is 7.29. The first-order valence-corrected chi connectivity index (χ1v) is 6.35. The van der Waals surface area contributed by atoms with Gasteiger partial charge in [-0.2, -0.15) is 0 Å². The second-order valence-corrected chi connectivity index (χ2v) is 5.02. The standard InChI is InChI=1S/C10H14N2OS2/c1-2-12-7-11(8-15-10(12)14)6-9-4-3-5-13-9/h3-5H,2,6-8H2,1H3. The van der Waals surface area contributed by atoms with Gasteiger partial charge in [0.25, 0.3) is 0 Å². The zero-order valence-corrected chi connectivity index (χ0v) is 10.3. The average molecular weight is 242 g/mol. The maximum atomic E-state index is 5.33. The third-order valence-electron chi connectivity index (χ3n) is 2.34. The number of rotatable bonds is 3. The molecule has 0 saturated carbocycles. The molecule has 0 aromatic carbocycles. The molecule has 0 N–H and O–H groups in total. The van der Waals surface area contributed by atoms with E-state index in [9.17, 15) is 0 Å². The molecule has 1 aromatic rings. The smallest absolute Gasteiger partial charge is 0.138 e. The van der Waals surface area contributed by atoms with E-state index in [1.54, 1.807) is 18.0 Å². The molecule has 1 saturated heterocycles. The molecule has 15 heavy (non-hydrogen) atoms. The molecule has 0 spiro atoms. The molecule has 3 nitrogen and oxygen atoms in total. The Hall–Kier alpha value is -0.520. The summed E-state index contributed by atoms with van der Waals surface area (Å²) in [6.07, 6.45) is 1.72. The van der Waals surface area contributed by atoms with Gasteiger partial charge in [-0.25, -0.2) is 0 Å². The molecule has 0 atom stereocenters. The van der Waals surface area contributed by atoms with E-state index in [2.05, 4.69) is 16.7 Å². The van der Waals surface area contributed by atoms with Crippen LogP contribution in [0.5, 0.6) is 0 Å². The summed E-state index contributed by atoms with van der Waals surface area (Å²) in [5, 5.41) is 0. The zero-order chi connectivity index (χ0) is 10.7. The highest BCUT2D eigenvalue weighted by atomic mass is 32.2. The normalized spacial score (nSPS) is 18.5. The van der Waals surface area contributed by atoms with Crippen molar-refractivity contribution < 1.29 is 4.42 Å². The Bertz CT molecular complexity index is 326. The minimum Gasteiger partial charge on any atom is -0.468 e. The van der Waals surface area contributed by atoms with Gasteiger partial charge in [0, 0.05) is 6.54 Å². The summed E-state index contributed by atoms with van der Waals surface area (Å²) in [7, 11) is 0. The van der Waals surface area contributed by atoms with Crippen LogP contribution in [0.4, 0.5) is 0 Å². The number of nitrogens with zero attached hydrogens (tertiary/aromatic N) is 2. The lowest BCUT2D eigenvalue weighted by atomic mass is 10.4. The van der Waals surface area contributed by atoms with E-state index in [0.717, 1.165) is 35.7 Å². The van der Waals surface area contributed by atoms with E-state index < -0.39 is 0 Å². The van der Waals surface area contributed by atoms with Gasteiger partial charge in [0.15, 0.2) is 0 Å². The van der Waals surface area contributed by atoms with Gasteiger partial charge < -0.3 is 9.32 Å². The Morgan fingerprint density at radius 1 is 1.60 bits per heavy atom. The summed E-state index contributed by atoms with van der Waals surface area (Å²) in [6.45, 7) is 4.87. The van der Waals surface area contributed by atoms with Crippen molar-refractivity contribution in [2.75, 3.05) is 19.1 Å². The van der Waals surface area contributed by atoms with Crippen molar-refractivity contribution in [1.29, 1.82) is 0 Å².